The number of rotatable bonds is 13. The molecule has 1 aliphatic rings. The summed E-state index contributed by atoms with van der Waals surface area (Å²) in [5.41, 5.74) is 1.10. The Morgan fingerprint density at radius 3 is 2.88 bits per heavy atom. The first-order chi connectivity index (χ1) is 16.4. The van der Waals surface area contributed by atoms with E-state index in [0.717, 1.165) is 24.9 Å². The van der Waals surface area contributed by atoms with Crippen LogP contribution in [0.2, 0.25) is 0 Å². The lowest BCUT2D eigenvalue weighted by molar-refractivity contribution is -0.136. The fourth-order valence-corrected chi connectivity index (χ4v) is 5.16. The molecule has 3 rings (SSSR count). The molecule has 0 spiro atoms. The lowest BCUT2D eigenvalue weighted by atomic mass is 10.0. The van der Waals surface area contributed by atoms with E-state index in [4.69, 9.17) is 9.47 Å². The number of benzene rings is 1. The molecule has 0 aliphatic carbocycles. The Labute approximate surface area is 206 Å². The molecule has 0 unspecified atom stereocenters. The number of hydrogen-bond acceptors (Lipinski definition) is 6. The smallest absolute Gasteiger partial charge is 0.237 e. The van der Waals surface area contributed by atoms with Crippen molar-refractivity contribution in [2.75, 3.05) is 46.0 Å². The summed E-state index contributed by atoms with van der Waals surface area (Å²) in [7, 11) is 0. The molecule has 0 saturated carbocycles. The van der Waals surface area contributed by atoms with Gasteiger partial charge in [-0.25, -0.2) is 4.39 Å². The monoisotopic (exact) mass is 492 g/mol. The minimum absolute atomic E-state index is 0.00782. The number of fused-ring (bicyclic) bond motifs is 1. The number of nitrogens with zero attached hydrogens (tertiary/aromatic N) is 2. The van der Waals surface area contributed by atoms with E-state index < -0.39 is 6.10 Å². The van der Waals surface area contributed by atoms with Crippen LogP contribution in [0.25, 0.3) is 0 Å². The van der Waals surface area contributed by atoms with Crippen LogP contribution >= 0.6 is 11.3 Å². The molecule has 2 aromatic rings. The van der Waals surface area contributed by atoms with Gasteiger partial charge in [-0.3, -0.25) is 9.69 Å². The molecule has 0 saturated heterocycles. The van der Waals surface area contributed by atoms with E-state index in [2.05, 4.69) is 26.8 Å². The van der Waals surface area contributed by atoms with Crippen molar-refractivity contribution in [2.24, 2.45) is 5.92 Å². The molecule has 8 heteroatoms. The largest absolute Gasteiger partial charge is 0.491 e. The van der Waals surface area contributed by atoms with E-state index >= 15 is 0 Å². The molecule has 1 N–H and O–H groups in total. The van der Waals surface area contributed by atoms with Gasteiger partial charge in [-0.2, -0.15) is 0 Å². The molecule has 2 atom stereocenters. The zero-order chi connectivity index (χ0) is 24.5. The highest BCUT2D eigenvalue weighted by Crippen LogP contribution is 2.34. The average molecular weight is 493 g/mol. The van der Waals surface area contributed by atoms with Gasteiger partial charge in [0.05, 0.1) is 25.3 Å². The SMILES string of the molecule is CCCN(CC(=O)N1CCc2sccc2[C@@H]1COc1cccc(F)c1)C[C@H](O)COCC(C)C. The normalized spacial score (nSPS) is 16.7. The molecule has 34 heavy (non-hydrogen) atoms. The van der Waals surface area contributed by atoms with Crippen molar-refractivity contribution in [2.45, 2.75) is 45.8 Å². The fraction of sp³-hybridized carbons (Fsp3) is 0.577. The highest BCUT2D eigenvalue weighted by atomic mass is 32.1. The molecule has 0 bridgehead atoms. The lowest BCUT2D eigenvalue weighted by Gasteiger charge is -2.37. The van der Waals surface area contributed by atoms with E-state index in [9.17, 15) is 14.3 Å². The minimum atomic E-state index is -0.643. The topological polar surface area (TPSA) is 62.2 Å². The minimum Gasteiger partial charge on any atom is -0.491 e. The number of ether oxygens (including phenoxy) is 2. The first-order valence-corrected chi connectivity index (χ1v) is 13.0. The first kappa shape index (κ1) is 26.6. The fourth-order valence-electron chi connectivity index (χ4n) is 4.23. The molecular weight excluding hydrogens is 455 g/mol. The molecule has 1 aromatic heterocycles. The number of hydrogen-bond donors (Lipinski definition) is 1. The second kappa shape index (κ2) is 13.2. The van der Waals surface area contributed by atoms with Crippen molar-refractivity contribution in [3.8, 4) is 5.75 Å². The average Bonchev–Trinajstić information content (AvgIpc) is 3.26. The van der Waals surface area contributed by atoms with E-state index in [1.807, 2.05) is 15.2 Å². The molecule has 2 heterocycles. The van der Waals surface area contributed by atoms with Crippen molar-refractivity contribution < 1.29 is 23.8 Å². The van der Waals surface area contributed by atoms with Gasteiger partial charge in [-0.1, -0.05) is 26.8 Å². The molecule has 0 fully saturated rings. The summed E-state index contributed by atoms with van der Waals surface area (Å²) in [5, 5.41) is 12.5. The van der Waals surface area contributed by atoms with Crippen molar-refractivity contribution in [3.63, 3.8) is 0 Å². The summed E-state index contributed by atoms with van der Waals surface area (Å²) >= 11 is 1.70. The van der Waals surface area contributed by atoms with E-state index in [-0.39, 0.29) is 37.5 Å². The Hall–Kier alpha value is -2.00. The third kappa shape index (κ3) is 7.77. The number of thiophene rings is 1. The summed E-state index contributed by atoms with van der Waals surface area (Å²) in [6.45, 7) is 9.28. The van der Waals surface area contributed by atoms with Crippen LogP contribution in [0.3, 0.4) is 0 Å². The van der Waals surface area contributed by atoms with Crippen LogP contribution in [0.4, 0.5) is 4.39 Å². The molecular formula is C26H37FN2O4S. The van der Waals surface area contributed by atoms with Gasteiger partial charge in [-0.05, 0) is 54.4 Å². The summed E-state index contributed by atoms with van der Waals surface area (Å²) in [6.07, 6.45) is 1.05. The van der Waals surface area contributed by atoms with E-state index in [1.54, 1.807) is 23.5 Å². The Bertz CT molecular complexity index is 906. The van der Waals surface area contributed by atoms with Crippen molar-refractivity contribution >= 4 is 17.2 Å². The lowest BCUT2D eigenvalue weighted by Crippen LogP contribution is -2.48. The second-order valence-corrected chi connectivity index (χ2v) is 10.2. The third-order valence-corrected chi connectivity index (χ3v) is 6.74. The van der Waals surface area contributed by atoms with Crippen LogP contribution in [-0.4, -0.2) is 72.9 Å². The molecule has 0 radical (unpaired) electrons. The Kier molecular flexibility index (Phi) is 10.3. The maximum Gasteiger partial charge on any atom is 0.237 e. The summed E-state index contributed by atoms with van der Waals surface area (Å²) < 4.78 is 25.1. The number of aliphatic hydroxyl groups is 1. The van der Waals surface area contributed by atoms with Gasteiger partial charge in [0.2, 0.25) is 5.91 Å². The zero-order valence-electron chi connectivity index (χ0n) is 20.4. The molecule has 188 valence electrons. The number of halogens is 1. The van der Waals surface area contributed by atoms with Crippen LogP contribution in [0.15, 0.2) is 35.7 Å². The van der Waals surface area contributed by atoms with Gasteiger partial charge in [0, 0.05) is 30.6 Å². The number of amides is 1. The number of carbonyl (C=O) groups excluding carboxylic acids is 1. The summed E-state index contributed by atoms with van der Waals surface area (Å²) in [5.74, 6) is 0.518. The highest BCUT2D eigenvalue weighted by Gasteiger charge is 2.33. The zero-order valence-corrected chi connectivity index (χ0v) is 21.2. The van der Waals surface area contributed by atoms with Crippen molar-refractivity contribution in [1.29, 1.82) is 0 Å². The van der Waals surface area contributed by atoms with Crippen LogP contribution in [0.5, 0.6) is 5.75 Å². The number of aliphatic hydroxyl groups excluding tert-OH is 1. The molecule has 1 aromatic carbocycles. The quantitative estimate of drug-likeness (QED) is 0.455. The summed E-state index contributed by atoms with van der Waals surface area (Å²) in [4.78, 5) is 18.6. The summed E-state index contributed by atoms with van der Waals surface area (Å²) in [6, 6.07) is 7.90. The van der Waals surface area contributed by atoms with Gasteiger partial charge >= 0.3 is 0 Å². The van der Waals surface area contributed by atoms with Gasteiger partial charge in [0.25, 0.3) is 0 Å². The van der Waals surface area contributed by atoms with Gasteiger partial charge in [0.15, 0.2) is 0 Å². The number of carbonyl (C=O) groups is 1. The van der Waals surface area contributed by atoms with Crippen LogP contribution in [-0.2, 0) is 16.0 Å². The first-order valence-electron chi connectivity index (χ1n) is 12.1. The van der Waals surface area contributed by atoms with E-state index in [0.29, 0.717) is 31.4 Å². The standard InChI is InChI=1S/C26H37FN2O4S/c1-4-10-28(14-21(30)17-32-16-19(2)3)15-26(31)29-11-8-25-23(9-12-34-25)24(29)18-33-22-7-5-6-20(27)13-22/h5-7,9,12-13,19,21,24,30H,4,8,10-11,14-18H2,1-3H3/t21-,24-/m0/s1. The van der Waals surface area contributed by atoms with Gasteiger partial charge in [-0.15, -0.1) is 11.3 Å². The molecule has 6 nitrogen and oxygen atoms in total. The van der Waals surface area contributed by atoms with E-state index in [1.165, 1.54) is 17.0 Å². The Balaban J connectivity index is 1.65. The van der Waals surface area contributed by atoms with Gasteiger partial charge < -0.3 is 19.5 Å². The van der Waals surface area contributed by atoms with Crippen LogP contribution in [0, 0.1) is 11.7 Å². The molecule has 1 aliphatic heterocycles. The molecule has 1 amide bonds. The third-order valence-electron chi connectivity index (χ3n) is 5.75. The second-order valence-electron chi connectivity index (χ2n) is 9.24. The van der Waals surface area contributed by atoms with Crippen LogP contribution < -0.4 is 4.74 Å². The van der Waals surface area contributed by atoms with Crippen molar-refractivity contribution in [3.05, 3.63) is 52.0 Å². The Morgan fingerprint density at radius 2 is 2.15 bits per heavy atom. The van der Waals surface area contributed by atoms with Crippen LogP contribution in [0.1, 0.15) is 43.7 Å². The van der Waals surface area contributed by atoms with Gasteiger partial charge in [0.1, 0.15) is 18.2 Å². The highest BCUT2D eigenvalue weighted by molar-refractivity contribution is 7.10. The predicted molar refractivity (Wildman–Crippen MR) is 133 cm³/mol. The maximum atomic E-state index is 13.6. The predicted octanol–water partition coefficient (Wildman–Crippen LogP) is 4.14. The Morgan fingerprint density at radius 1 is 1.32 bits per heavy atom. The van der Waals surface area contributed by atoms with Crippen molar-refractivity contribution in [1.82, 2.24) is 9.80 Å². The maximum absolute atomic E-state index is 13.6.